The Labute approximate surface area is 120 Å². The van der Waals surface area contributed by atoms with Gasteiger partial charge in [-0.2, -0.15) is 4.98 Å². The van der Waals surface area contributed by atoms with Crippen molar-refractivity contribution in [3.8, 4) is 0 Å². The molecule has 102 valence electrons. The third-order valence-corrected chi connectivity index (χ3v) is 3.76. The molecule has 0 spiro atoms. The summed E-state index contributed by atoms with van der Waals surface area (Å²) in [5.41, 5.74) is 0. The van der Waals surface area contributed by atoms with Crippen LogP contribution >= 0.6 is 22.9 Å². The maximum atomic E-state index is 11.9. The van der Waals surface area contributed by atoms with E-state index in [4.69, 9.17) is 11.6 Å². The summed E-state index contributed by atoms with van der Waals surface area (Å²) >= 11 is 7.45. The Morgan fingerprint density at radius 3 is 2.79 bits per heavy atom. The van der Waals surface area contributed by atoms with E-state index >= 15 is 0 Å². The Balaban J connectivity index is 2.40. The summed E-state index contributed by atoms with van der Waals surface area (Å²) in [7, 11) is 3.48. The molecule has 2 aromatic rings. The van der Waals surface area contributed by atoms with Crippen molar-refractivity contribution < 1.29 is 4.79 Å². The molecule has 0 aromatic carbocycles. The lowest BCUT2D eigenvalue weighted by molar-refractivity contribution is -0.127. The van der Waals surface area contributed by atoms with Gasteiger partial charge in [-0.25, -0.2) is 4.98 Å². The van der Waals surface area contributed by atoms with E-state index in [1.807, 2.05) is 23.3 Å². The second-order valence-corrected chi connectivity index (χ2v) is 5.49. The molecule has 0 saturated heterocycles. The van der Waals surface area contributed by atoms with Gasteiger partial charge in [0.05, 0.1) is 11.9 Å². The van der Waals surface area contributed by atoms with Crippen molar-refractivity contribution in [2.45, 2.75) is 6.92 Å². The zero-order valence-corrected chi connectivity index (χ0v) is 12.6. The van der Waals surface area contributed by atoms with E-state index in [9.17, 15) is 4.79 Å². The molecule has 2 heterocycles. The number of halogens is 1. The van der Waals surface area contributed by atoms with Crippen molar-refractivity contribution in [3.63, 3.8) is 0 Å². The highest BCUT2D eigenvalue weighted by molar-refractivity contribution is 7.16. The first kappa shape index (κ1) is 14.0. The van der Waals surface area contributed by atoms with Crippen molar-refractivity contribution in [2.75, 3.05) is 32.1 Å². The minimum absolute atomic E-state index is 0.0277. The fourth-order valence-electron chi connectivity index (χ4n) is 1.70. The molecule has 5 nitrogen and oxygen atoms in total. The summed E-state index contributed by atoms with van der Waals surface area (Å²) in [5.74, 6) is 0.744. The van der Waals surface area contributed by atoms with Crippen LogP contribution in [0, 0.1) is 0 Å². The summed E-state index contributed by atoms with van der Waals surface area (Å²) < 4.78 is 0. The van der Waals surface area contributed by atoms with Crippen LogP contribution in [0.5, 0.6) is 0 Å². The normalized spacial score (nSPS) is 10.7. The average molecular weight is 299 g/mol. The molecular weight excluding hydrogens is 284 g/mol. The van der Waals surface area contributed by atoms with E-state index < -0.39 is 0 Å². The van der Waals surface area contributed by atoms with Gasteiger partial charge in [0, 0.05) is 20.6 Å². The molecule has 0 aliphatic rings. The van der Waals surface area contributed by atoms with Crippen molar-refractivity contribution in [2.24, 2.45) is 0 Å². The lowest BCUT2D eigenvalue weighted by Gasteiger charge is -2.23. The highest BCUT2D eigenvalue weighted by atomic mass is 35.5. The quantitative estimate of drug-likeness (QED) is 0.813. The molecule has 19 heavy (non-hydrogen) atoms. The Bertz CT molecular complexity index is 598. The van der Waals surface area contributed by atoms with Crippen LogP contribution in [0.1, 0.15) is 6.92 Å². The number of amides is 1. The fraction of sp³-hybridized carbons (Fsp3) is 0.417. The molecule has 0 unspecified atom stereocenters. The monoisotopic (exact) mass is 298 g/mol. The minimum Gasteiger partial charge on any atom is -0.347 e. The van der Waals surface area contributed by atoms with Gasteiger partial charge in [-0.1, -0.05) is 0 Å². The lowest BCUT2D eigenvalue weighted by atomic mass is 10.3. The van der Waals surface area contributed by atoms with E-state index in [0.29, 0.717) is 12.4 Å². The van der Waals surface area contributed by atoms with Gasteiger partial charge in [-0.3, -0.25) is 4.79 Å². The number of aromatic nitrogens is 2. The molecule has 0 aliphatic carbocycles. The van der Waals surface area contributed by atoms with Gasteiger partial charge in [0.2, 0.25) is 11.2 Å². The van der Waals surface area contributed by atoms with Gasteiger partial charge in [0.1, 0.15) is 10.6 Å². The third-order valence-electron chi connectivity index (χ3n) is 2.78. The first-order chi connectivity index (χ1) is 9.02. The van der Waals surface area contributed by atoms with E-state index in [1.165, 1.54) is 11.3 Å². The van der Waals surface area contributed by atoms with Crippen molar-refractivity contribution in [1.29, 1.82) is 0 Å². The second kappa shape index (κ2) is 5.71. The maximum absolute atomic E-state index is 11.9. The van der Waals surface area contributed by atoms with Gasteiger partial charge in [-0.05, 0) is 30.0 Å². The van der Waals surface area contributed by atoms with Gasteiger partial charge in [0.25, 0.3) is 0 Å². The van der Waals surface area contributed by atoms with Gasteiger partial charge >= 0.3 is 0 Å². The molecular formula is C12H15ClN4OS. The van der Waals surface area contributed by atoms with Gasteiger partial charge in [0.15, 0.2) is 0 Å². The molecule has 2 rings (SSSR count). The number of anilines is 1. The van der Waals surface area contributed by atoms with Crippen molar-refractivity contribution in [1.82, 2.24) is 14.9 Å². The lowest BCUT2D eigenvalue weighted by Crippen LogP contribution is -2.37. The van der Waals surface area contributed by atoms with Crippen molar-refractivity contribution >= 4 is 44.9 Å². The molecule has 7 heteroatoms. The third kappa shape index (κ3) is 2.96. The number of carbonyl (C=O) groups excluding carboxylic acids is 1. The summed E-state index contributed by atoms with van der Waals surface area (Å²) in [6, 6.07) is 1.95. The number of rotatable bonds is 4. The van der Waals surface area contributed by atoms with Gasteiger partial charge < -0.3 is 9.80 Å². The zero-order chi connectivity index (χ0) is 14.0. The van der Waals surface area contributed by atoms with Crippen LogP contribution in [0.2, 0.25) is 5.28 Å². The maximum Gasteiger partial charge on any atom is 0.241 e. The SMILES string of the molecule is CCN(CC(=O)N(C)C)c1nc(Cl)nc2sccc12. The van der Waals surface area contributed by atoms with E-state index in [1.54, 1.807) is 19.0 Å². The first-order valence-corrected chi connectivity index (χ1v) is 7.14. The Hall–Kier alpha value is -1.40. The summed E-state index contributed by atoms with van der Waals surface area (Å²) in [6.07, 6.45) is 0. The summed E-state index contributed by atoms with van der Waals surface area (Å²) in [4.78, 5) is 24.6. The minimum atomic E-state index is 0.0277. The smallest absolute Gasteiger partial charge is 0.241 e. The topological polar surface area (TPSA) is 49.3 Å². The zero-order valence-electron chi connectivity index (χ0n) is 11.1. The van der Waals surface area contributed by atoms with Crippen LogP contribution < -0.4 is 4.90 Å². The Morgan fingerprint density at radius 1 is 1.42 bits per heavy atom. The predicted molar refractivity (Wildman–Crippen MR) is 79.0 cm³/mol. The Morgan fingerprint density at radius 2 is 2.16 bits per heavy atom. The van der Waals surface area contributed by atoms with Crippen molar-refractivity contribution in [3.05, 3.63) is 16.7 Å². The second-order valence-electron chi connectivity index (χ2n) is 4.26. The molecule has 0 bridgehead atoms. The molecule has 0 saturated carbocycles. The molecule has 0 aliphatic heterocycles. The standard InChI is InChI=1S/C12H15ClN4OS/c1-4-17(7-9(18)16(2)3)10-8-5-6-19-11(8)15-12(13)14-10/h5-6H,4,7H2,1-3H3. The molecule has 0 fully saturated rings. The summed E-state index contributed by atoms with van der Waals surface area (Å²) in [6.45, 7) is 2.94. The number of hydrogen-bond donors (Lipinski definition) is 0. The average Bonchev–Trinajstić information content (AvgIpc) is 2.82. The van der Waals surface area contributed by atoms with E-state index in [-0.39, 0.29) is 17.7 Å². The number of fused-ring (bicyclic) bond motifs is 1. The highest BCUT2D eigenvalue weighted by Gasteiger charge is 2.17. The largest absolute Gasteiger partial charge is 0.347 e. The number of nitrogens with zero attached hydrogens (tertiary/aromatic N) is 4. The van der Waals surface area contributed by atoms with Crippen LogP contribution in [-0.2, 0) is 4.79 Å². The molecule has 0 radical (unpaired) electrons. The van der Waals surface area contributed by atoms with E-state index in [0.717, 1.165) is 10.2 Å². The number of likely N-dealkylation sites (N-methyl/N-ethyl adjacent to an activating group) is 2. The van der Waals surface area contributed by atoms with Gasteiger partial charge in [-0.15, -0.1) is 11.3 Å². The molecule has 0 atom stereocenters. The summed E-state index contributed by atoms with van der Waals surface area (Å²) in [5, 5.41) is 3.09. The molecule has 0 N–H and O–H groups in total. The predicted octanol–water partition coefficient (Wildman–Crippen LogP) is 2.26. The van der Waals surface area contributed by atoms with E-state index in [2.05, 4.69) is 9.97 Å². The number of hydrogen-bond acceptors (Lipinski definition) is 5. The van der Waals surface area contributed by atoms with Crippen LogP contribution in [0.15, 0.2) is 11.4 Å². The number of thiophene rings is 1. The highest BCUT2D eigenvalue weighted by Crippen LogP contribution is 2.28. The Kier molecular flexibility index (Phi) is 4.21. The van der Waals surface area contributed by atoms with Crippen LogP contribution in [0.3, 0.4) is 0 Å². The number of carbonyl (C=O) groups is 1. The molecule has 2 aromatic heterocycles. The first-order valence-electron chi connectivity index (χ1n) is 5.88. The fourth-order valence-corrected chi connectivity index (χ4v) is 2.67. The van der Waals surface area contributed by atoms with Crippen LogP contribution in [0.25, 0.3) is 10.2 Å². The van der Waals surface area contributed by atoms with Crippen LogP contribution in [0.4, 0.5) is 5.82 Å². The molecule has 1 amide bonds. The van der Waals surface area contributed by atoms with Crippen LogP contribution in [-0.4, -0.2) is 48.0 Å².